The van der Waals surface area contributed by atoms with E-state index in [9.17, 15) is 13.6 Å². The van der Waals surface area contributed by atoms with Crippen molar-refractivity contribution in [1.82, 2.24) is 0 Å². The quantitative estimate of drug-likeness (QED) is 0.813. The molecular weight excluding hydrogens is 240 g/mol. The van der Waals surface area contributed by atoms with Crippen LogP contribution >= 0.6 is 0 Å². The molecule has 5 heteroatoms. The number of carbonyl (C=O) groups excluding carboxylic acids is 1. The third kappa shape index (κ3) is 1.83. The first-order valence-electron chi connectivity index (χ1n) is 5.72. The molecular formula is C13H15F2NO2. The van der Waals surface area contributed by atoms with Gasteiger partial charge in [-0.2, -0.15) is 4.39 Å². The van der Waals surface area contributed by atoms with Crippen molar-refractivity contribution in [2.45, 2.75) is 20.3 Å². The lowest BCUT2D eigenvalue weighted by atomic mass is 9.92. The van der Waals surface area contributed by atoms with Gasteiger partial charge in [-0.3, -0.25) is 4.79 Å². The SMILES string of the molecule is COc1c(N2CCC(C)(C)C2=O)ccc(F)c1F. The molecule has 0 radical (unpaired) electrons. The van der Waals surface area contributed by atoms with E-state index in [0.717, 1.165) is 6.07 Å². The summed E-state index contributed by atoms with van der Waals surface area (Å²) in [7, 11) is 1.26. The van der Waals surface area contributed by atoms with E-state index in [1.54, 1.807) is 0 Å². The van der Waals surface area contributed by atoms with E-state index in [1.807, 2.05) is 13.8 Å². The van der Waals surface area contributed by atoms with E-state index in [-0.39, 0.29) is 17.3 Å². The van der Waals surface area contributed by atoms with Crippen LogP contribution in [0.4, 0.5) is 14.5 Å². The Balaban J connectivity index is 2.47. The highest BCUT2D eigenvalue weighted by molar-refractivity contribution is 6.00. The average Bonchev–Trinajstić information content (AvgIpc) is 2.58. The van der Waals surface area contributed by atoms with E-state index >= 15 is 0 Å². The predicted molar refractivity (Wildman–Crippen MR) is 63.7 cm³/mol. The summed E-state index contributed by atoms with van der Waals surface area (Å²) in [6.45, 7) is 4.15. The molecule has 0 spiro atoms. The number of rotatable bonds is 2. The van der Waals surface area contributed by atoms with E-state index in [4.69, 9.17) is 4.74 Å². The number of methoxy groups -OCH3 is 1. The normalized spacial score (nSPS) is 18.3. The van der Waals surface area contributed by atoms with Gasteiger partial charge >= 0.3 is 0 Å². The van der Waals surface area contributed by atoms with Crippen LogP contribution in [-0.2, 0) is 4.79 Å². The van der Waals surface area contributed by atoms with Crippen LogP contribution in [0.5, 0.6) is 5.75 Å². The Labute approximate surface area is 104 Å². The van der Waals surface area contributed by atoms with Crippen LogP contribution in [0, 0.1) is 17.0 Å². The van der Waals surface area contributed by atoms with Gasteiger partial charge in [0.25, 0.3) is 0 Å². The first-order chi connectivity index (χ1) is 8.38. The molecule has 1 fully saturated rings. The number of ether oxygens (including phenoxy) is 1. The minimum Gasteiger partial charge on any atom is -0.491 e. The Morgan fingerprint density at radius 3 is 2.50 bits per heavy atom. The van der Waals surface area contributed by atoms with E-state index < -0.39 is 17.0 Å². The molecule has 1 aromatic carbocycles. The Morgan fingerprint density at radius 1 is 1.33 bits per heavy atom. The van der Waals surface area contributed by atoms with Crippen molar-refractivity contribution in [3.63, 3.8) is 0 Å². The number of amides is 1. The molecule has 1 aliphatic rings. The molecule has 1 saturated heterocycles. The molecule has 0 aliphatic carbocycles. The first kappa shape index (κ1) is 12.8. The topological polar surface area (TPSA) is 29.5 Å². The number of nitrogens with zero attached hydrogens (tertiary/aromatic N) is 1. The second-order valence-electron chi connectivity index (χ2n) is 5.00. The number of hydrogen-bond donors (Lipinski definition) is 0. The Bertz CT molecular complexity index is 500. The summed E-state index contributed by atoms with van der Waals surface area (Å²) in [4.78, 5) is 13.6. The summed E-state index contributed by atoms with van der Waals surface area (Å²) < 4.78 is 31.6. The summed E-state index contributed by atoms with van der Waals surface area (Å²) in [6.07, 6.45) is 0.675. The van der Waals surface area contributed by atoms with Gasteiger partial charge in [0, 0.05) is 12.0 Å². The van der Waals surface area contributed by atoms with Crippen molar-refractivity contribution in [2.24, 2.45) is 5.41 Å². The summed E-state index contributed by atoms with van der Waals surface area (Å²) in [5, 5.41) is 0. The third-order valence-electron chi connectivity index (χ3n) is 3.31. The molecule has 98 valence electrons. The highest BCUT2D eigenvalue weighted by atomic mass is 19.2. The third-order valence-corrected chi connectivity index (χ3v) is 3.31. The zero-order chi connectivity index (χ0) is 13.5. The fourth-order valence-electron chi connectivity index (χ4n) is 2.12. The van der Waals surface area contributed by atoms with Crippen LogP contribution in [0.3, 0.4) is 0 Å². The molecule has 1 heterocycles. The van der Waals surface area contributed by atoms with Gasteiger partial charge in [-0.05, 0) is 18.6 Å². The lowest BCUT2D eigenvalue weighted by Gasteiger charge is -2.22. The molecule has 0 saturated carbocycles. The highest BCUT2D eigenvalue weighted by Crippen LogP contribution is 2.39. The van der Waals surface area contributed by atoms with Crippen molar-refractivity contribution >= 4 is 11.6 Å². The van der Waals surface area contributed by atoms with E-state index in [2.05, 4.69) is 0 Å². The van der Waals surface area contributed by atoms with E-state index in [0.29, 0.717) is 13.0 Å². The lowest BCUT2D eigenvalue weighted by Crippen LogP contribution is -2.31. The van der Waals surface area contributed by atoms with Gasteiger partial charge in [-0.1, -0.05) is 13.8 Å². The Kier molecular flexibility index (Phi) is 3.00. The van der Waals surface area contributed by atoms with Crippen LogP contribution in [0.1, 0.15) is 20.3 Å². The maximum atomic E-state index is 13.6. The summed E-state index contributed by atoms with van der Waals surface area (Å²) in [5.74, 6) is -2.37. The van der Waals surface area contributed by atoms with Crippen molar-refractivity contribution in [2.75, 3.05) is 18.6 Å². The molecule has 0 atom stereocenters. The molecule has 2 rings (SSSR count). The minimum absolute atomic E-state index is 0.105. The first-order valence-corrected chi connectivity index (χ1v) is 5.72. The van der Waals surface area contributed by atoms with Crippen LogP contribution in [-0.4, -0.2) is 19.6 Å². The smallest absolute Gasteiger partial charge is 0.232 e. The number of halogens is 2. The average molecular weight is 255 g/mol. The number of carbonyl (C=O) groups is 1. The summed E-state index contributed by atoms with van der Waals surface area (Å²) in [6, 6.07) is 2.38. The molecule has 0 aromatic heterocycles. The van der Waals surface area contributed by atoms with Crippen molar-refractivity contribution in [3.8, 4) is 5.75 Å². The predicted octanol–water partition coefficient (Wildman–Crippen LogP) is 2.74. The fraction of sp³-hybridized carbons (Fsp3) is 0.462. The van der Waals surface area contributed by atoms with Crippen LogP contribution in [0.15, 0.2) is 12.1 Å². The van der Waals surface area contributed by atoms with Crippen molar-refractivity contribution < 1.29 is 18.3 Å². The highest BCUT2D eigenvalue weighted by Gasteiger charge is 2.40. The molecule has 18 heavy (non-hydrogen) atoms. The Hall–Kier alpha value is -1.65. The summed E-state index contributed by atoms with van der Waals surface area (Å²) in [5.41, 5.74) is -0.192. The molecule has 3 nitrogen and oxygen atoms in total. The van der Waals surface area contributed by atoms with Gasteiger partial charge in [-0.25, -0.2) is 4.39 Å². The standard InChI is InChI=1S/C13H15F2NO2/c1-13(2)6-7-16(12(13)17)9-5-4-8(14)10(15)11(9)18-3/h4-5H,6-7H2,1-3H3. The second-order valence-corrected chi connectivity index (χ2v) is 5.00. The molecule has 0 N–H and O–H groups in total. The summed E-state index contributed by atoms with van der Waals surface area (Å²) >= 11 is 0. The fourth-order valence-corrected chi connectivity index (χ4v) is 2.12. The molecule has 0 unspecified atom stereocenters. The maximum Gasteiger partial charge on any atom is 0.232 e. The number of anilines is 1. The number of hydrogen-bond acceptors (Lipinski definition) is 2. The van der Waals surface area contributed by atoms with Gasteiger partial charge in [0.2, 0.25) is 11.7 Å². The zero-order valence-corrected chi connectivity index (χ0v) is 10.6. The van der Waals surface area contributed by atoms with Crippen LogP contribution in [0.2, 0.25) is 0 Å². The minimum atomic E-state index is -1.06. The van der Waals surface area contributed by atoms with Crippen molar-refractivity contribution in [1.29, 1.82) is 0 Å². The second kappa shape index (κ2) is 4.23. The van der Waals surface area contributed by atoms with Gasteiger partial charge < -0.3 is 9.64 Å². The van der Waals surface area contributed by atoms with Crippen LogP contribution < -0.4 is 9.64 Å². The van der Waals surface area contributed by atoms with Gasteiger partial charge in [0.15, 0.2) is 11.6 Å². The monoisotopic (exact) mass is 255 g/mol. The maximum absolute atomic E-state index is 13.6. The molecule has 0 bridgehead atoms. The molecule has 1 amide bonds. The van der Waals surface area contributed by atoms with Gasteiger partial charge in [0.1, 0.15) is 0 Å². The molecule has 1 aliphatic heterocycles. The zero-order valence-electron chi connectivity index (χ0n) is 10.6. The van der Waals surface area contributed by atoms with Crippen LogP contribution in [0.25, 0.3) is 0 Å². The van der Waals surface area contributed by atoms with Gasteiger partial charge in [-0.15, -0.1) is 0 Å². The van der Waals surface area contributed by atoms with Gasteiger partial charge in [0.05, 0.1) is 12.8 Å². The molecule has 1 aromatic rings. The largest absolute Gasteiger partial charge is 0.491 e. The van der Waals surface area contributed by atoms with Crippen molar-refractivity contribution in [3.05, 3.63) is 23.8 Å². The number of benzene rings is 1. The lowest BCUT2D eigenvalue weighted by molar-refractivity contribution is -0.124. The van der Waals surface area contributed by atoms with E-state index in [1.165, 1.54) is 18.1 Å². The Morgan fingerprint density at radius 2 is 2.00 bits per heavy atom.